The van der Waals surface area contributed by atoms with Crippen molar-refractivity contribution in [1.82, 2.24) is 0 Å². The lowest BCUT2D eigenvalue weighted by molar-refractivity contribution is 0.00217. The Morgan fingerprint density at radius 3 is 2.50 bits per heavy atom. The van der Waals surface area contributed by atoms with Crippen molar-refractivity contribution in [2.75, 3.05) is 5.75 Å². The van der Waals surface area contributed by atoms with Crippen LogP contribution in [0.15, 0.2) is 42.5 Å². The second kappa shape index (κ2) is 6.94. The molecule has 5 heteroatoms. The van der Waals surface area contributed by atoms with E-state index in [9.17, 15) is 8.42 Å². The van der Waals surface area contributed by atoms with Crippen molar-refractivity contribution in [3.63, 3.8) is 0 Å². The van der Waals surface area contributed by atoms with E-state index in [1.807, 2.05) is 44.2 Å². The molecule has 0 amide bonds. The number of rotatable bonds is 6. The van der Waals surface area contributed by atoms with Gasteiger partial charge in [0.1, 0.15) is 6.10 Å². The first-order chi connectivity index (χ1) is 10.3. The molecule has 1 aliphatic rings. The molecule has 0 aliphatic carbocycles. The maximum atomic E-state index is 12.5. The summed E-state index contributed by atoms with van der Waals surface area (Å²) in [6, 6.07) is 9.73. The zero-order chi connectivity index (χ0) is 16.3. The van der Waals surface area contributed by atoms with Gasteiger partial charge < -0.3 is 9.47 Å². The van der Waals surface area contributed by atoms with Crippen LogP contribution in [-0.2, 0) is 25.9 Å². The third-order valence-electron chi connectivity index (χ3n) is 3.96. The van der Waals surface area contributed by atoms with Crippen LogP contribution in [0.1, 0.15) is 26.3 Å². The fourth-order valence-corrected chi connectivity index (χ4v) is 4.57. The summed E-state index contributed by atoms with van der Waals surface area (Å²) in [4.78, 5) is 0. The van der Waals surface area contributed by atoms with Gasteiger partial charge in [-0.15, -0.1) is 0 Å². The molecule has 2 rings (SSSR count). The van der Waals surface area contributed by atoms with E-state index >= 15 is 0 Å². The van der Waals surface area contributed by atoms with Gasteiger partial charge >= 0.3 is 0 Å². The molecule has 1 saturated heterocycles. The van der Waals surface area contributed by atoms with E-state index < -0.39 is 21.4 Å². The summed E-state index contributed by atoms with van der Waals surface area (Å²) in [5, 5.41) is 0. The van der Waals surface area contributed by atoms with Crippen LogP contribution < -0.4 is 0 Å². The average molecular weight is 324 g/mol. The summed E-state index contributed by atoms with van der Waals surface area (Å²) >= 11 is 0. The average Bonchev–Trinajstić information content (AvgIpc) is 2.73. The van der Waals surface area contributed by atoms with E-state index in [1.54, 1.807) is 6.92 Å². The lowest BCUT2D eigenvalue weighted by Gasteiger charge is -2.22. The molecule has 1 aromatic carbocycles. The summed E-state index contributed by atoms with van der Waals surface area (Å²) in [5.41, 5.74) is 0.709. The molecule has 0 aromatic heterocycles. The van der Waals surface area contributed by atoms with Crippen LogP contribution in [-0.4, -0.2) is 31.8 Å². The van der Waals surface area contributed by atoms with Crippen LogP contribution in [0.2, 0.25) is 0 Å². The van der Waals surface area contributed by atoms with E-state index in [-0.39, 0.29) is 17.8 Å². The standard InChI is InChI=1S/C17H24O4S/c1-12(2)11-22(18,19)17-16(13(3)14(4)21-17)20-10-15-8-6-5-7-9-15/h5-9,13-14,16-17H,1,10-11H2,2-4H3/t13-,14-,16-,17?/m1/s1. The molecule has 4 nitrogen and oxygen atoms in total. The van der Waals surface area contributed by atoms with E-state index in [1.165, 1.54) is 0 Å². The summed E-state index contributed by atoms with van der Waals surface area (Å²) in [7, 11) is -3.43. The lowest BCUT2D eigenvalue weighted by atomic mass is 10.0. The van der Waals surface area contributed by atoms with Gasteiger partial charge in [-0.1, -0.05) is 49.4 Å². The highest BCUT2D eigenvalue weighted by Crippen LogP contribution is 2.33. The number of hydrogen-bond acceptors (Lipinski definition) is 4. The second-order valence-corrected chi connectivity index (χ2v) is 8.17. The normalized spacial score (nSPS) is 28.7. The van der Waals surface area contributed by atoms with Gasteiger partial charge in [-0.2, -0.15) is 0 Å². The van der Waals surface area contributed by atoms with Crippen molar-refractivity contribution in [2.45, 2.75) is 45.0 Å². The minimum Gasteiger partial charge on any atom is -0.369 e. The van der Waals surface area contributed by atoms with Crippen molar-refractivity contribution < 1.29 is 17.9 Å². The molecule has 0 radical (unpaired) electrons. The van der Waals surface area contributed by atoms with E-state index in [2.05, 4.69) is 6.58 Å². The quantitative estimate of drug-likeness (QED) is 0.755. The zero-order valence-electron chi connectivity index (χ0n) is 13.4. The Labute approximate surface area is 133 Å². The lowest BCUT2D eigenvalue weighted by Crippen LogP contribution is -2.36. The first-order valence-corrected chi connectivity index (χ1v) is 9.19. The van der Waals surface area contributed by atoms with Crippen molar-refractivity contribution in [1.29, 1.82) is 0 Å². The summed E-state index contributed by atoms with van der Waals surface area (Å²) < 4.78 is 36.6. The summed E-state index contributed by atoms with van der Waals surface area (Å²) in [5.74, 6) is -0.0453. The fraction of sp³-hybridized carbons (Fsp3) is 0.529. The van der Waals surface area contributed by atoms with Crippen LogP contribution in [0.5, 0.6) is 0 Å². The first kappa shape index (κ1) is 17.2. The van der Waals surface area contributed by atoms with Crippen LogP contribution in [0, 0.1) is 5.92 Å². The van der Waals surface area contributed by atoms with Crippen molar-refractivity contribution in [3.05, 3.63) is 48.0 Å². The third-order valence-corrected chi connectivity index (χ3v) is 5.94. The highest BCUT2D eigenvalue weighted by molar-refractivity contribution is 7.92. The predicted molar refractivity (Wildman–Crippen MR) is 87.1 cm³/mol. The van der Waals surface area contributed by atoms with Crippen LogP contribution in [0.4, 0.5) is 0 Å². The maximum Gasteiger partial charge on any atom is 0.185 e. The van der Waals surface area contributed by atoms with Gasteiger partial charge in [0.05, 0.1) is 18.5 Å². The van der Waals surface area contributed by atoms with Gasteiger partial charge in [-0.25, -0.2) is 8.42 Å². The molecule has 1 heterocycles. The van der Waals surface area contributed by atoms with Gasteiger partial charge in [-0.3, -0.25) is 0 Å². The highest BCUT2D eigenvalue weighted by atomic mass is 32.2. The van der Waals surface area contributed by atoms with Gasteiger partial charge in [0.25, 0.3) is 0 Å². The van der Waals surface area contributed by atoms with Crippen molar-refractivity contribution in [3.8, 4) is 0 Å². The third kappa shape index (κ3) is 3.97. The minimum absolute atomic E-state index is 0.0219. The molecule has 1 unspecified atom stereocenters. The highest BCUT2D eigenvalue weighted by Gasteiger charge is 2.47. The Hall–Kier alpha value is -1.17. The van der Waals surface area contributed by atoms with Gasteiger partial charge in [0.15, 0.2) is 15.3 Å². The molecular formula is C17H24O4S. The van der Waals surface area contributed by atoms with Crippen LogP contribution >= 0.6 is 0 Å². The predicted octanol–water partition coefficient (Wildman–Crippen LogP) is 2.94. The van der Waals surface area contributed by atoms with Gasteiger partial charge in [-0.05, 0) is 19.4 Å². The Morgan fingerprint density at radius 1 is 1.27 bits per heavy atom. The zero-order valence-corrected chi connectivity index (χ0v) is 14.2. The van der Waals surface area contributed by atoms with E-state index in [0.717, 1.165) is 5.56 Å². The second-order valence-electron chi connectivity index (χ2n) is 6.09. The molecule has 1 fully saturated rings. The Kier molecular flexibility index (Phi) is 5.42. The Morgan fingerprint density at radius 2 is 1.91 bits per heavy atom. The van der Waals surface area contributed by atoms with Crippen molar-refractivity contribution in [2.24, 2.45) is 5.92 Å². The molecule has 122 valence electrons. The van der Waals surface area contributed by atoms with Crippen LogP contribution in [0.3, 0.4) is 0 Å². The molecule has 4 atom stereocenters. The molecule has 1 aromatic rings. The number of benzene rings is 1. The fourth-order valence-electron chi connectivity index (χ4n) is 2.64. The van der Waals surface area contributed by atoms with Gasteiger partial charge in [0, 0.05) is 5.92 Å². The SMILES string of the molecule is C=C(C)CS(=O)(=O)C1O[C@H](C)[C@@H](C)[C@H]1OCc1ccccc1. The Bertz CT molecular complexity index is 609. The molecule has 0 bridgehead atoms. The maximum absolute atomic E-state index is 12.5. The number of sulfone groups is 1. The number of ether oxygens (including phenoxy) is 2. The summed E-state index contributed by atoms with van der Waals surface area (Å²) in [6.45, 7) is 9.64. The molecule has 0 spiro atoms. The van der Waals surface area contributed by atoms with Crippen molar-refractivity contribution >= 4 is 9.84 Å². The topological polar surface area (TPSA) is 52.6 Å². The van der Waals surface area contributed by atoms with E-state index in [0.29, 0.717) is 12.2 Å². The first-order valence-electron chi connectivity index (χ1n) is 7.48. The van der Waals surface area contributed by atoms with Crippen LogP contribution in [0.25, 0.3) is 0 Å². The molecular weight excluding hydrogens is 300 g/mol. The molecule has 1 aliphatic heterocycles. The van der Waals surface area contributed by atoms with Gasteiger partial charge in [0.2, 0.25) is 0 Å². The van der Waals surface area contributed by atoms with E-state index in [4.69, 9.17) is 9.47 Å². The monoisotopic (exact) mass is 324 g/mol. The molecule has 0 N–H and O–H groups in total. The molecule has 22 heavy (non-hydrogen) atoms. The largest absolute Gasteiger partial charge is 0.369 e. The smallest absolute Gasteiger partial charge is 0.185 e. The number of hydrogen-bond donors (Lipinski definition) is 0. The Balaban J connectivity index is 2.13. The minimum atomic E-state index is -3.43. The summed E-state index contributed by atoms with van der Waals surface area (Å²) in [6.07, 6.45) is -0.606. The molecule has 0 saturated carbocycles.